The van der Waals surface area contributed by atoms with E-state index in [0.29, 0.717) is 35.5 Å². The van der Waals surface area contributed by atoms with Gasteiger partial charge in [-0.25, -0.2) is 18.6 Å². The molecule has 1 atom stereocenters. The molecule has 1 saturated carbocycles. The number of hydrogen-bond donors (Lipinski definition) is 2. The molecule has 2 aromatic rings. The summed E-state index contributed by atoms with van der Waals surface area (Å²) in [6.07, 6.45) is -7.06. The van der Waals surface area contributed by atoms with Crippen LogP contribution in [-0.4, -0.2) is 40.0 Å². The highest BCUT2D eigenvalue weighted by Gasteiger charge is 2.64. The average Bonchev–Trinajstić information content (AvgIpc) is 3.54. The van der Waals surface area contributed by atoms with Crippen molar-refractivity contribution >= 4 is 11.7 Å². The number of nitrogens with zero attached hydrogens (tertiary/aromatic N) is 2. The maximum atomic E-state index is 14.6. The van der Waals surface area contributed by atoms with Crippen LogP contribution in [0.2, 0.25) is 0 Å². The molecule has 6 nitrogen and oxygen atoms in total. The first-order chi connectivity index (χ1) is 15.9. The molecule has 2 heterocycles. The molecule has 1 aromatic heterocycles. The predicted octanol–water partition coefficient (Wildman–Crippen LogP) is 4.26. The summed E-state index contributed by atoms with van der Waals surface area (Å²) in [6, 6.07) is 2.49. The van der Waals surface area contributed by atoms with Crippen molar-refractivity contribution in [3.8, 4) is 11.8 Å². The van der Waals surface area contributed by atoms with Crippen LogP contribution < -0.4 is 10.9 Å². The number of anilines is 1. The van der Waals surface area contributed by atoms with Gasteiger partial charge in [-0.2, -0.15) is 13.2 Å². The Morgan fingerprint density at radius 2 is 1.94 bits per heavy atom. The second-order valence-corrected chi connectivity index (χ2v) is 8.46. The van der Waals surface area contributed by atoms with E-state index in [4.69, 9.17) is 0 Å². The van der Waals surface area contributed by atoms with Gasteiger partial charge in [0.05, 0.1) is 6.54 Å². The normalized spacial score (nSPS) is 20.0. The van der Waals surface area contributed by atoms with Crippen molar-refractivity contribution in [2.24, 2.45) is 5.92 Å². The van der Waals surface area contributed by atoms with Gasteiger partial charge in [-0.3, -0.25) is 9.69 Å². The highest BCUT2D eigenvalue weighted by molar-refractivity contribution is 5.95. The highest BCUT2D eigenvalue weighted by Crippen LogP contribution is 2.49. The number of urea groups is 1. The van der Waals surface area contributed by atoms with Crippen LogP contribution in [0.1, 0.15) is 41.1 Å². The van der Waals surface area contributed by atoms with Crippen molar-refractivity contribution in [2.75, 3.05) is 11.9 Å². The summed E-state index contributed by atoms with van der Waals surface area (Å²) in [5.74, 6) is 4.85. The monoisotopic (exact) mass is 480 g/mol. The fourth-order valence-corrected chi connectivity index (χ4v) is 4.07. The van der Waals surface area contributed by atoms with E-state index >= 15 is 0 Å². The minimum atomic E-state index is -5.15. The van der Waals surface area contributed by atoms with Crippen LogP contribution in [0.3, 0.4) is 0 Å². The summed E-state index contributed by atoms with van der Waals surface area (Å²) in [6.45, 7) is 1.83. The summed E-state index contributed by atoms with van der Waals surface area (Å²) >= 11 is 0. The molecule has 0 saturated heterocycles. The van der Waals surface area contributed by atoms with E-state index in [1.165, 1.54) is 12.1 Å². The number of H-pyrrole nitrogens is 1. The van der Waals surface area contributed by atoms with Gasteiger partial charge in [0, 0.05) is 34.8 Å². The number of rotatable bonds is 4. The zero-order valence-corrected chi connectivity index (χ0v) is 18.3. The van der Waals surface area contributed by atoms with Crippen LogP contribution in [0.15, 0.2) is 23.0 Å². The molecule has 2 N–H and O–H groups in total. The van der Waals surface area contributed by atoms with Gasteiger partial charge in [-0.05, 0) is 38.3 Å². The number of aromatic nitrogens is 2. The Bertz CT molecular complexity index is 1260. The molecule has 34 heavy (non-hydrogen) atoms. The molecule has 180 valence electrons. The molecular weight excluding hydrogens is 459 g/mol. The lowest BCUT2D eigenvalue weighted by Gasteiger charge is -2.45. The Hall–Kier alpha value is -3.42. The molecule has 0 radical (unpaired) electrons. The van der Waals surface area contributed by atoms with Gasteiger partial charge in [-0.1, -0.05) is 24.0 Å². The van der Waals surface area contributed by atoms with E-state index in [2.05, 4.69) is 27.1 Å². The van der Waals surface area contributed by atoms with Gasteiger partial charge >= 0.3 is 12.2 Å². The predicted molar refractivity (Wildman–Crippen MR) is 114 cm³/mol. The third-order valence-electron chi connectivity index (χ3n) is 5.85. The number of aromatic amines is 1. The van der Waals surface area contributed by atoms with Gasteiger partial charge in [0.1, 0.15) is 5.82 Å². The lowest BCUT2D eigenvalue weighted by molar-refractivity contribution is -0.210. The van der Waals surface area contributed by atoms with E-state index in [-0.39, 0.29) is 28.5 Å². The van der Waals surface area contributed by atoms with E-state index in [0.717, 1.165) is 6.07 Å². The van der Waals surface area contributed by atoms with Crippen molar-refractivity contribution < 1.29 is 26.7 Å². The molecule has 0 bridgehead atoms. The summed E-state index contributed by atoms with van der Waals surface area (Å²) in [5.41, 5.74) is -3.01. The number of amides is 2. The number of nitrogens with one attached hydrogen (secondary N) is 2. The zero-order chi connectivity index (χ0) is 24.8. The molecule has 2 aliphatic rings. The minimum absolute atomic E-state index is 0.0467. The van der Waals surface area contributed by atoms with Crippen molar-refractivity contribution in [1.29, 1.82) is 0 Å². The number of carbonyl (C=O) groups is 1. The van der Waals surface area contributed by atoms with Crippen molar-refractivity contribution in [2.45, 2.75) is 51.3 Å². The zero-order valence-electron chi connectivity index (χ0n) is 18.3. The standard InChI is InChI=1S/C23H21F5N4O2/c1-12-16(20(33)30-13(2)29-12)9-15-5-6-17-18(10-15)31-21(34)32(11-19(24)25)22(17,23(26,27)28)8-7-14-3-4-14/h5-6,10,14,19H,3-4,9,11H2,1-2H3,(H,31,34)(H,29,30,33)/t22-/m0/s1. The minimum Gasteiger partial charge on any atom is -0.311 e. The van der Waals surface area contributed by atoms with Crippen LogP contribution in [-0.2, 0) is 12.0 Å². The summed E-state index contributed by atoms with van der Waals surface area (Å²) in [5, 5.41) is 2.29. The Labute approximate surface area is 191 Å². The van der Waals surface area contributed by atoms with Crippen molar-refractivity contribution in [1.82, 2.24) is 14.9 Å². The first kappa shape index (κ1) is 23.7. The third-order valence-corrected chi connectivity index (χ3v) is 5.85. The van der Waals surface area contributed by atoms with Gasteiger partial charge in [0.25, 0.3) is 12.0 Å². The topological polar surface area (TPSA) is 78.1 Å². The maximum absolute atomic E-state index is 14.6. The third kappa shape index (κ3) is 4.24. The van der Waals surface area contributed by atoms with Gasteiger partial charge in [-0.15, -0.1) is 0 Å². The molecule has 1 aliphatic carbocycles. The van der Waals surface area contributed by atoms with E-state index in [9.17, 15) is 31.5 Å². The molecule has 0 unspecified atom stereocenters. The fraction of sp³-hybridized carbons (Fsp3) is 0.435. The molecule has 4 rings (SSSR count). The average molecular weight is 480 g/mol. The van der Waals surface area contributed by atoms with Crippen LogP contribution in [0.25, 0.3) is 0 Å². The Balaban J connectivity index is 1.85. The lowest BCUT2D eigenvalue weighted by atomic mass is 9.83. The Morgan fingerprint density at radius 3 is 2.53 bits per heavy atom. The quantitative estimate of drug-likeness (QED) is 0.507. The number of halogens is 5. The SMILES string of the molecule is Cc1nc(C)c(Cc2ccc3c(c2)NC(=O)N(CC(F)F)[C@]3(C#CC2CC2)C(F)(F)F)c(=O)[nH]1. The highest BCUT2D eigenvalue weighted by atomic mass is 19.4. The molecule has 2 amide bonds. The first-order valence-corrected chi connectivity index (χ1v) is 10.6. The maximum Gasteiger partial charge on any atom is 0.427 e. The first-order valence-electron chi connectivity index (χ1n) is 10.6. The van der Waals surface area contributed by atoms with Crippen LogP contribution in [0, 0.1) is 31.6 Å². The number of hydrogen-bond acceptors (Lipinski definition) is 3. The number of benzene rings is 1. The smallest absolute Gasteiger partial charge is 0.311 e. The van der Waals surface area contributed by atoms with E-state index in [1.807, 2.05) is 0 Å². The van der Waals surface area contributed by atoms with Crippen molar-refractivity contribution in [3.63, 3.8) is 0 Å². The molecular formula is C23H21F5N4O2. The van der Waals surface area contributed by atoms with Gasteiger partial charge < -0.3 is 10.3 Å². The second kappa shape index (κ2) is 8.42. The van der Waals surface area contributed by atoms with Crippen LogP contribution >= 0.6 is 0 Å². The van der Waals surface area contributed by atoms with Crippen LogP contribution in [0.5, 0.6) is 0 Å². The lowest BCUT2D eigenvalue weighted by Crippen LogP contribution is -2.62. The number of carbonyl (C=O) groups excluding carboxylic acids is 1. The van der Waals surface area contributed by atoms with E-state index < -0.39 is 36.3 Å². The Morgan fingerprint density at radius 1 is 1.24 bits per heavy atom. The number of aryl methyl sites for hydroxylation is 2. The largest absolute Gasteiger partial charge is 0.427 e. The number of fused-ring (bicyclic) bond motifs is 1. The molecule has 1 aromatic carbocycles. The number of alkyl halides is 5. The fourth-order valence-electron chi connectivity index (χ4n) is 4.07. The Kier molecular flexibility index (Phi) is 5.87. The molecule has 1 aliphatic heterocycles. The molecule has 0 spiro atoms. The van der Waals surface area contributed by atoms with E-state index in [1.54, 1.807) is 13.8 Å². The molecule has 1 fully saturated rings. The van der Waals surface area contributed by atoms with Gasteiger partial charge in [0.15, 0.2) is 0 Å². The second-order valence-electron chi connectivity index (χ2n) is 8.46. The molecule has 11 heteroatoms. The van der Waals surface area contributed by atoms with Crippen molar-refractivity contribution in [3.05, 3.63) is 56.8 Å². The summed E-state index contributed by atoms with van der Waals surface area (Å²) in [7, 11) is 0. The van der Waals surface area contributed by atoms with Crippen LogP contribution in [0.4, 0.5) is 32.4 Å². The summed E-state index contributed by atoms with van der Waals surface area (Å²) in [4.78, 5) is 31.9. The van der Waals surface area contributed by atoms with Gasteiger partial charge in [0.2, 0.25) is 5.54 Å². The summed E-state index contributed by atoms with van der Waals surface area (Å²) < 4.78 is 70.3.